The smallest absolute Gasteiger partial charge is 1.00 e. The van der Waals surface area contributed by atoms with E-state index in [0.29, 0.717) is 11.8 Å². The van der Waals surface area contributed by atoms with Gasteiger partial charge in [0.25, 0.3) is 0 Å². The van der Waals surface area contributed by atoms with Gasteiger partial charge in [-0.25, -0.2) is 23.3 Å². The van der Waals surface area contributed by atoms with Crippen LogP contribution in [0.2, 0.25) is 0 Å². The van der Waals surface area contributed by atoms with Gasteiger partial charge in [-0.15, -0.1) is 0 Å². The molecule has 0 aromatic rings. The molecule has 0 saturated heterocycles. The molecule has 0 nitrogen and oxygen atoms in total. The molecule has 100 valence electrons. The minimum Gasteiger partial charge on any atom is -1.00 e. The van der Waals surface area contributed by atoms with Gasteiger partial charge in [0.2, 0.25) is 0 Å². The van der Waals surface area contributed by atoms with Crippen LogP contribution < -0.4 is 24.8 Å². The number of allylic oxidation sites excluding steroid dienone is 8. The third-order valence-electron chi connectivity index (χ3n) is 2.18. The molecule has 0 aromatic carbocycles. The summed E-state index contributed by atoms with van der Waals surface area (Å²) in [6.45, 7) is 8.40. The summed E-state index contributed by atoms with van der Waals surface area (Å²) < 4.78 is 0. The predicted molar refractivity (Wildman–Crippen MR) is 68.6 cm³/mol. The van der Waals surface area contributed by atoms with Crippen molar-refractivity contribution in [1.29, 1.82) is 0 Å². The van der Waals surface area contributed by atoms with Gasteiger partial charge in [-0.3, -0.25) is 12.2 Å². The van der Waals surface area contributed by atoms with Gasteiger partial charge in [-0.2, -0.15) is 12.2 Å². The number of hydrogen-bond donors (Lipinski definition) is 0. The van der Waals surface area contributed by atoms with E-state index in [1.807, 2.05) is 0 Å². The first-order valence-electron chi connectivity index (χ1n) is 5.50. The largest absolute Gasteiger partial charge is 1.00 e. The summed E-state index contributed by atoms with van der Waals surface area (Å²) in [5.41, 5.74) is 2.54. The summed E-state index contributed by atoms with van der Waals surface area (Å²) in [6.07, 6.45) is 14.9. The number of hydrogen-bond acceptors (Lipinski definition) is 0. The first-order chi connectivity index (χ1) is 7.58. The minimum atomic E-state index is 0. The summed E-state index contributed by atoms with van der Waals surface area (Å²) in [4.78, 5) is 3.25. The van der Waals surface area contributed by atoms with Crippen molar-refractivity contribution in [3.05, 3.63) is 47.6 Å². The molecule has 0 radical (unpaired) electrons. The molecule has 2 unspecified atom stereocenters. The standard InChI is InChI=1S/2C7H9.CH2.2ClH.Ti/c2*1-6-3-4-7(2)5-6;;;;/h2*3-4,6H,1-2H3;1H2;2*1H;/q2*-1;;;;+2/p-2. The molecule has 0 saturated carbocycles. The van der Waals surface area contributed by atoms with E-state index in [1.165, 1.54) is 11.1 Å². The quantitative estimate of drug-likeness (QED) is 0.353. The SMILES string of the molecule is CC1=[C-]C(C)C=C1.CC1=[C-]C(C)C=C1.[CH2]=[Ti+2].[Cl-].[Cl-]. The van der Waals surface area contributed by atoms with Crippen LogP contribution in [-0.4, -0.2) is 4.82 Å². The number of rotatable bonds is 0. The van der Waals surface area contributed by atoms with Crippen LogP contribution in [0.25, 0.3) is 0 Å². The molecule has 0 heterocycles. The maximum atomic E-state index is 3.25. The van der Waals surface area contributed by atoms with Crippen molar-refractivity contribution in [3.63, 3.8) is 0 Å². The third-order valence-corrected chi connectivity index (χ3v) is 2.18. The van der Waals surface area contributed by atoms with Gasteiger partial charge >= 0.3 is 24.8 Å². The molecule has 0 spiro atoms. The third kappa shape index (κ3) is 11.2. The predicted octanol–water partition coefficient (Wildman–Crippen LogP) is -2.14. The molecule has 0 aromatic heterocycles. The Hall–Kier alpha value is 0.124. The molecule has 3 heteroatoms. The van der Waals surface area contributed by atoms with Crippen molar-refractivity contribution < 1.29 is 44.8 Å². The minimum absolute atomic E-state index is 0. The molecule has 2 rings (SSSR count). The summed E-state index contributed by atoms with van der Waals surface area (Å²) in [6, 6.07) is 0. The van der Waals surface area contributed by atoms with Crippen LogP contribution in [0, 0.1) is 24.0 Å². The molecule has 2 aliphatic rings. The Morgan fingerprint density at radius 2 is 1.17 bits per heavy atom. The van der Waals surface area contributed by atoms with Gasteiger partial charge in [0.15, 0.2) is 0 Å². The van der Waals surface area contributed by atoms with Crippen molar-refractivity contribution >= 4 is 4.82 Å². The maximum absolute atomic E-state index is 3.25. The summed E-state index contributed by atoms with van der Waals surface area (Å²) in [5, 5.41) is 0. The Labute approximate surface area is 136 Å². The molecule has 0 amide bonds. The first-order valence-corrected chi connectivity index (χ1v) is 6.60. The maximum Gasteiger partial charge on any atom is -1.00 e. The Bertz CT molecular complexity index is 295. The second-order valence-electron chi connectivity index (χ2n) is 3.95. The molecule has 0 aliphatic heterocycles. The fourth-order valence-corrected chi connectivity index (χ4v) is 1.49. The Morgan fingerprint density at radius 1 is 0.889 bits per heavy atom. The van der Waals surface area contributed by atoms with Crippen LogP contribution in [0.3, 0.4) is 0 Å². The van der Waals surface area contributed by atoms with E-state index in [1.54, 1.807) is 20.0 Å². The molecule has 0 fully saturated rings. The van der Waals surface area contributed by atoms with E-state index in [9.17, 15) is 0 Å². The van der Waals surface area contributed by atoms with E-state index >= 15 is 0 Å². The van der Waals surface area contributed by atoms with Gasteiger partial charge < -0.3 is 24.8 Å². The van der Waals surface area contributed by atoms with Crippen LogP contribution in [0.1, 0.15) is 27.7 Å². The Morgan fingerprint density at radius 3 is 1.22 bits per heavy atom. The molecule has 0 bridgehead atoms. The topological polar surface area (TPSA) is 0 Å². The van der Waals surface area contributed by atoms with E-state index in [-0.39, 0.29) is 24.8 Å². The number of halogens is 2. The fourth-order valence-electron chi connectivity index (χ4n) is 1.49. The zero-order chi connectivity index (χ0) is 12.6. The van der Waals surface area contributed by atoms with Crippen molar-refractivity contribution in [2.45, 2.75) is 27.7 Å². The molecular formula is C15H20Cl2Ti-2. The van der Waals surface area contributed by atoms with Gasteiger partial charge in [0.05, 0.1) is 0 Å². The van der Waals surface area contributed by atoms with Gasteiger partial charge in [-0.05, 0) is 0 Å². The fraction of sp³-hybridized carbons (Fsp3) is 0.400. The van der Waals surface area contributed by atoms with Crippen molar-refractivity contribution in [1.82, 2.24) is 0 Å². The normalized spacial score (nSPS) is 22.3. The molecule has 0 N–H and O–H groups in total. The summed E-state index contributed by atoms with van der Waals surface area (Å²) in [5.74, 6) is 1.11. The zero-order valence-electron chi connectivity index (χ0n) is 11.4. The summed E-state index contributed by atoms with van der Waals surface area (Å²) in [7, 11) is 0. The second-order valence-corrected chi connectivity index (χ2v) is 3.95. The molecule has 18 heavy (non-hydrogen) atoms. The monoisotopic (exact) mass is 318 g/mol. The van der Waals surface area contributed by atoms with E-state index in [0.717, 1.165) is 0 Å². The second kappa shape index (κ2) is 13.6. The molecular weight excluding hydrogens is 299 g/mol. The van der Waals surface area contributed by atoms with Crippen molar-refractivity contribution in [2.75, 3.05) is 0 Å². The first kappa shape index (κ1) is 23.2. The molecule has 2 aliphatic carbocycles. The van der Waals surface area contributed by atoms with Crippen LogP contribution >= 0.6 is 0 Å². The van der Waals surface area contributed by atoms with E-state index in [4.69, 9.17) is 0 Å². The van der Waals surface area contributed by atoms with Gasteiger partial charge in [-0.1, -0.05) is 39.5 Å². The Balaban J connectivity index is -0.000000200. The zero-order valence-corrected chi connectivity index (χ0v) is 14.5. The van der Waals surface area contributed by atoms with Crippen molar-refractivity contribution in [3.8, 4) is 0 Å². The Kier molecular flexibility index (Phi) is 17.5. The van der Waals surface area contributed by atoms with Crippen LogP contribution in [0.5, 0.6) is 0 Å². The van der Waals surface area contributed by atoms with E-state index in [2.05, 4.69) is 69.0 Å². The summed E-state index contributed by atoms with van der Waals surface area (Å²) >= 11 is 1.75. The van der Waals surface area contributed by atoms with Gasteiger partial charge in [0, 0.05) is 0 Å². The van der Waals surface area contributed by atoms with Crippen LogP contribution in [0.4, 0.5) is 0 Å². The average molecular weight is 319 g/mol. The average Bonchev–Trinajstić information content (AvgIpc) is 2.80. The van der Waals surface area contributed by atoms with Crippen LogP contribution in [-0.2, 0) is 20.0 Å². The van der Waals surface area contributed by atoms with Crippen LogP contribution in [0.15, 0.2) is 35.5 Å². The van der Waals surface area contributed by atoms with Gasteiger partial charge in [0.1, 0.15) is 0 Å². The van der Waals surface area contributed by atoms with Crippen molar-refractivity contribution in [2.24, 2.45) is 11.8 Å². The molecule has 2 atom stereocenters. The van der Waals surface area contributed by atoms with E-state index < -0.39 is 0 Å².